The van der Waals surface area contributed by atoms with E-state index in [-0.39, 0.29) is 23.2 Å². The quantitative estimate of drug-likeness (QED) is 0.300. The van der Waals surface area contributed by atoms with Gasteiger partial charge in [-0.2, -0.15) is 26.3 Å². The summed E-state index contributed by atoms with van der Waals surface area (Å²) >= 11 is 0. The van der Waals surface area contributed by atoms with Gasteiger partial charge in [0.05, 0.1) is 19.8 Å². The summed E-state index contributed by atoms with van der Waals surface area (Å²) in [6.07, 6.45) is -2.96. The number of likely N-dealkylation sites (tertiary alicyclic amines) is 1. The lowest BCUT2D eigenvalue weighted by molar-refractivity contribution is -0.192. The predicted octanol–water partition coefficient (Wildman–Crippen LogP) is 6.73. The molecule has 2 aromatic carbocycles. The molecule has 0 bridgehead atoms. The maximum Gasteiger partial charge on any atom is 0.490 e. The summed E-state index contributed by atoms with van der Waals surface area (Å²) in [6, 6.07) is 8.09. The van der Waals surface area contributed by atoms with Gasteiger partial charge in [0, 0.05) is 29.2 Å². The zero-order chi connectivity index (χ0) is 33.2. The van der Waals surface area contributed by atoms with Gasteiger partial charge in [-0.1, -0.05) is 12.5 Å². The van der Waals surface area contributed by atoms with E-state index >= 15 is 0 Å². The fraction of sp³-hybridized carbons (Fsp3) is 0.533. The molecule has 2 aliphatic carbocycles. The number of amides is 2. The van der Waals surface area contributed by atoms with Gasteiger partial charge in [-0.25, -0.2) is 14.0 Å². The first kappa shape index (κ1) is 34.1. The Balaban J connectivity index is 0.000000591. The Morgan fingerprint density at radius 2 is 1.62 bits per heavy atom. The van der Waals surface area contributed by atoms with Crippen molar-refractivity contribution >= 4 is 17.7 Å². The summed E-state index contributed by atoms with van der Waals surface area (Å²) in [5.74, 6) is -2.45. The maximum absolute atomic E-state index is 13.8. The Bertz CT molecular complexity index is 1380. The highest BCUT2D eigenvalue weighted by atomic mass is 19.4. The van der Waals surface area contributed by atoms with E-state index in [0.717, 1.165) is 50.8 Å². The number of nitrogens with zero attached hydrogens (tertiary/aromatic N) is 1. The summed E-state index contributed by atoms with van der Waals surface area (Å²) in [5.41, 5.74) is -0.271. The number of fused-ring (bicyclic) bond motifs is 1. The minimum absolute atomic E-state index is 0.0893. The van der Waals surface area contributed by atoms with Crippen molar-refractivity contribution in [3.63, 3.8) is 0 Å². The number of halogens is 7. The number of alkyl halides is 6. The second-order valence-electron chi connectivity index (χ2n) is 11.4. The van der Waals surface area contributed by atoms with Crippen molar-refractivity contribution in [1.29, 1.82) is 0 Å². The molecule has 0 spiro atoms. The van der Waals surface area contributed by atoms with Crippen LogP contribution in [0.25, 0.3) is 0 Å². The van der Waals surface area contributed by atoms with Crippen LogP contribution in [0.4, 0.5) is 41.2 Å². The molecule has 45 heavy (non-hydrogen) atoms. The van der Waals surface area contributed by atoms with Crippen molar-refractivity contribution in [1.82, 2.24) is 10.2 Å². The van der Waals surface area contributed by atoms with Gasteiger partial charge >= 0.3 is 24.4 Å². The van der Waals surface area contributed by atoms with Crippen LogP contribution in [0.3, 0.4) is 0 Å². The fourth-order valence-corrected chi connectivity index (χ4v) is 6.53. The lowest BCUT2D eigenvalue weighted by Gasteiger charge is -2.48. The minimum Gasteiger partial charge on any atom is -0.493 e. The molecule has 0 unspecified atom stereocenters. The van der Waals surface area contributed by atoms with Crippen LogP contribution in [0.15, 0.2) is 36.4 Å². The Morgan fingerprint density at radius 3 is 2.18 bits per heavy atom. The number of carbonyl (C=O) groups is 2. The lowest BCUT2D eigenvalue weighted by Crippen LogP contribution is -2.55. The normalized spacial score (nSPS) is 23.6. The fourth-order valence-electron chi connectivity index (χ4n) is 6.53. The number of benzene rings is 2. The molecular weight excluding hydrogens is 615 g/mol. The number of methoxy groups -OCH3 is 2. The third kappa shape index (κ3) is 7.74. The molecule has 3 aliphatic rings. The summed E-state index contributed by atoms with van der Waals surface area (Å²) in [4.78, 5) is 24.2. The second-order valence-corrected chi connectivity index (χ2v) is 11.4. The number of ether oxygens (including phenoxy) is 2. The number of rotatable bonds is 6. The third-order valence-corrected chi connectivity index (χ3v) is 8.86. The number of hydrogen-bond acceptors (Lipinski definition) is 5. The highest BCUT2D eigenvalue weighted by molar-refractivity contribution is 5.89. The van der Waals surface area contributed by atoms with Crippen LogP contribution in [-0.2, 0) is 16.4 Å². The number of anilines is 1. The summed E-state index contributed by atoms with van der Waals surface area (Å²) in [5, 5.41) is 12.5. The molecule has 5 rings (SSSR count). The summed E-state index contributed by atoms with van der Waals surface area (Å²) in [6.45, 7) is 0.978. The minimum atomic E-state index is -5.08. The largest absolute Gasteiger partial charge is 0.493 e. The standard InChI is InChI=1S/C28H33F4N3O3.C2HF3O2/c1-37-23-7-6-17(14-24(23)38-2)27-9-8-20(16-25(27)35(11-10-27)22-4-3-5-22)33-26(36)34-21-13-18(28(30,31)32)12-19(29)15-21;3-2(4,5)1(6)7/h6-7,12-15,20,22,25H,3-5,8-11,16H2,1-2H3,(H2,33,34,36);(H,6,7)/t20-,25+,27+;/m1./s1. The van der Waals surface area contributed by atoms with Crippen LogP contribution in [-0.4, -0.2) is 67.1 Å². The van der Waals surface area contributed by atoms with Gasteiger partial charge < -0.3 is 25.2 Å². The van der Waals surface area contributed by atoms with Crippen LogP contribution in [0, 0.1) is 5.82 Å². The molecule has 0 aromatic heterocycles. The molecule has 1 saturated heterocycles. The van der Waals surface area contributed by atoms with Gasteiger partial charge in [-0.3, -0.25) is 4.90 Å². The van der Waals surface area contributed by atoms with Crippen molar-refractivity contribution in [3.05, 3.63) is 53.3 Å². The van der Waals surface area contributed by atoms with Gasteiger partial charge in [-0.15, -0.1) is 0 Å². The van der Waals surface area contributed by atoms with Crippen molar-refractivity contribution in [3.8, 4) is 11.5 Å². The molecule has 2 saturated carbocycles. The SMILES string of the molecule is COc1ccc([C@@]23CC[C@@H](NC(=O)Nc4cc(F)cc(C(F)(F)F)c4)C[C@@H]2N(C2CCC2)CC3)cc1OC.O=C(O)C(F)(F)F. The highest BCUT2D eigenvalue weighted by Crippen LogP contribution is 2.52. The van der Waals surface area contributed by atoms with E-state index in [1.807, 2.05) is 6.07 Å². The van der Waals surface area contributed by atoms with E-state index in [1.54, 1.807) is 14.2 Å². The molecule has 2 aromatic rings. The number of aliphatic carboxylic acids is 1. The predicted molar refractivity (Wildman–Crippen MR) is 149 cm³/mol. The average Bonchev–Trinajstić information content (AvgIpc) is 3.30. The highest BCUT2D eigenvalue weighted by Gasteiger charge is 2.53. The number of hydrogen-bond donors (Lipinski definition) is 3. The first-order chi connectivity index (χ1) is 21.1. The molecule has 3 fully saturated rings. The number of carbonyl (C=O) groups excluding carboxylic acids is 1. The maximum atomic E-state index is 13.8. The van der Waals surface area contributed by atoms with E-state index in [4.69, 9.17) is 19.4 Å². The topological polar surface area (TPSA) is 100 Å². The molecule has 3 atom stereocenters. The monoisotopic (exact) mass is 649 g/mol. The number of urea groups is 1. The van der Waals surface area contributed by atoms with E-state index in [2.05, 4.69) is 27.7 Å². The average molecular weight is 650 g/mol. The van der Waals surface area contributed by atoms with Crippen LogP contribution < -0.4 is 20.1 Å². The van der Waals surface area contributed by atoms with Crippen molar-refractivity contribution < 1.29 is 54.9 Å². The molecule has 8 nitrogen and oxygen atoms in total. The third-order valence-electron chi connectivity index (χ3n) is 8.86. The molecule has 248 valence electrons. The Kier molecular flexibility index (Phi) is 10.1. The van der Waals surface area contributed by atoms with Gasteiger partial charge in [0.15, 0.2) is 11.5 Å². The zero-order valence-corrected chi connectivity index (χ0v) is 24.5. The van der Waals surface area contributed by atoms with Gasteiger partial charge in [0.2, 0.25) is 0 Å². The van der Waals surface area contributed by atoms with Crippen LogP contribution in [0.5, 0.6) is 11.5 Å². The Morgan fingerprint density at radius 1 is 0.956 bits per heavy atom. The number of carboxylic acid groups (broad SMARTS) is 1. The molecule has 0 radical (unpaired) electrons. The van der Waals surface area contributed by atoms with Gasteiger partial charge in [-0.05, 0) is 81.0 Å². The van der Waals surface area contributed by atoms with E-state index in [9.17, 15) is 35.5 Å². The summed E-state index contributed by atoms with van der Waals surface area (Å²) in [7, 11) is 3.24. The first-order valence-electron chi connectivity index (χ1n) is 14.3. The van der Waals surface area contributed by atoms with Crippen molar-refractivity contribution in [2.75, 3.05) is 26.1 Å². The molecular formula is C30H34F7N3O5. The molecule has 1 heterocycles. The molecule has 3 N–H and O–H groups in total. The molecule has 15 heteroatoms. The molecule has 1 aliphatic heterocycles. The first-order valence-corrected chi connectivity index (χ1v) is 14.3. The summed E-state index contributed by atoms with van der Waals surface area (Å²) < 4.78 is 95.8. The number of nitrogens with one attached hydrogen (secondary N) is 2. The van der Waals surface area contributed by atoms with Gasteiger partial charge in [0.25, 0.3) is 0 Å². The van der Waals surface area contributed by atoms with Crippen LogP contribution >= 0.6 is 0 Å². The number of carboxylic acids is 1. The smallest absolute Gasteiger partial charge is 0.490 e. The Labute approximate surface area is 254 Å². The molecule has 2 amide bonds. The van der Waals surface area contributed by atoms with E-state index < -0.39 is 35.7 Å². The van der Waals surface area contributed by atoms with Crippen molar-refractivity contribution in [2.24, 2.45) is 0 Å². The van der Waals surface area contributed by atoms with Gasteiger partial charge in [0.1, 0.15) is 5.82 Å². The van der Waals surface area contributed by atoms with Crippen molar-refractivity contribution in [2.45, 2.75) is 80.8 Å². The van der Waals surface area contributed by atoms with E-state index in [0.29, 0.717) is 30.0 Å². The van der Waals surface area contributed by atoms with E-state index in [1.165, 1.54) is 12.0 Å². The Hall–Kier alpha value is -3.75. The van der Waals surface area contributed by atoms with Crippen LogP contribution in [0.1, 0.15) is 56.1 Å². The lowest BCUT2D eigenvalue weighted by atomic mass is 9.64. The van der Waals surface area contributed by atoms with Crippen LogP contribution in [0.2, 0.25) is 0 Å². The second kappa shape index (κ2) is 13.3. The zero-order valence-electron chi connectivity index (χ0n) is 24.5.